The smallest absolute Gasteiger partial charge is 0.127 e. The first-order valence-electron chi connectivity index (χ1n) is 3.86. The number of benzene rings is 1. The molecule has 0 aromatic heterocycles. The number of hydrogen-bond acceptors (Lipinski definition) is 2. The van der Waals surface area contributed by atoms with Crippen LogP contribution >= 0.6 is 0 Å². The SMILES string of the molecule is NCc1ccc(CCO)cc1F. The molecular formula is C9H12FNO. The molecule has 0 atom stereocenters. The highest BCUT2D eigenvalue weighted by Gasteiger charge is 2.00. The Hall–Kier alpha value is -0.930. The van der Waals surface area contributed by atoms with Gasteiger partial charge < -0.3 is 10.8 Å². The first-order chi connectivity index (χ1) is 5.77. The Labute approximate surface area is 70.8 Å². The molecule has 0 spiro atoms. The lowest BCUT2D eigenvalue weighted by molar-refractivity contribution is 0.299. The Kier molecular flexibility index (Phi) is 3.19. The Morgan fingerprint density at radius 3 is 2.67 bits per heavy atom. The third-order valence-corrected chi connectivity index (χ3v) is 1.74. The summed E-state index contributed by atoms with van der Waals surface area (Å²) in [4.78, 5) is 0. The van der Waals surface area contributed by atoms with E-state index in [1.165, 1.54) is 6.07 Å². The van der Waals surface area contributed by atoms with E-state index >= 15 is 0 Å². The third kappa shape index (κ3) is 2.03. The van der Waals surface area contributed by atoms with Crippen LogP contribution in [0.15, 0.2) is 18.2 Å². The zero-order valence-electron chi connectivity index (χ0n) is 6.76. The molecule has 0 radical (unpaired) electrons. The number of nitrogens with two attached hydrogens (primary N) is 1. The van der Waals surface area contributed by atoms with E-state index in [1.54, 1.807) is 12.1 Å². The number of aliphatic hydroxyl groups excluding tert-OH is 1. The lowest BCUT2D eigenvalue weighted by Crippen LogP contribution is -2.01. The summed E-state index contributed by atoms with van der Waals surface area (Å²) in [5.74, 6) is -0.288. The van der Waals surface area contributed by atoms with E-state index < -0.39 is 0 Å². The fourth-order valence-electron chi connectivity index (χ4n) is 1.04. The van der Waals surface area contributed by atoms with Crippen LogP contribution in [0.3, 0.4) is 0 Å². The average molecular weight is 169 g/mol. The monoisotopic (exact) mass is 169 g/mol. The molecule has 2 nitrogen and oxygen atoms in total. The second-order valence-electron chi connectivity index (χ2n) is 2.60. The average Bonchev–Trinajstić information content (AvgIpc) is 2.05. The predicted molar refractivity (Wildman–Crippen MR) is 45.1 cm³/mol. The zero-order valence-corrected chi connectivity index (χ0v) is 6.76. The van der Waals surface area contributed by atoms with Crippen LogP contribution in [0.2, 0.25) is 0 Å². The molecule has 0 aliphatic rings. The van der Waals surface area contributed by atoms with Gasteiger partial charge in [-0.05, 0) is 18.1 Å². The van der Waals surface area contributed by atoms with E-state index in [4.69, 9.17) is 10.8 Å². The summed E-state index contributed by atoms with van der Waals surface area (Å²) >= 11 is 0. The molecule has 0 bridgehead atoms. The number of hydrogen-bond donors (Lipinski definition) is 2. The second kappa shape index (κ2) is 4.18. The lowest BCUT2D eigenvalue weighted by atomic mass is 10.1. The molecule has 66 valence electrons. The predicted octanol–water partition coefficient (Wildman–Crippen LogP) is 0.819. The van der Waals surface area contributed by atoms with E-state index in [2.05, 4.69) is 0 Å². The highest BCUT2D eigenvalue weighted by atomic mass is 19.1. The number of rotatable bonds is 3. The molecule has 3 N–H and O–H groups in total. The maximum atomic E-state index is 13.0. The molecule has 0 aliphatic carbocycles. The van der Waals surface area contributed by atoms with Crippen molar-refractivity contribution in [3.63, 3.8) is 0 Å². The van der Waals surface area contributed by atoms with Crippen LogP contribution in [0, 0.1) is 5.82 Å². The maximum absolute atomic E-state index is 13.0. The van der Waals surface area contributed by atoms with Crippen molar-refractivity contribution in [3.05, 3.63) is 35.1 Å². The summed E-state index contributed by atoms with van der Waals surface area (Å²) in [6.45, 7) is 0.257. The summed E-state index contributed by atoms with van der Waals surface area (Å²) in [5, 5.41) is 8.59. The van der Waals surface area contributed by atoms with Crippen LogP contribution < -0.4 is 5.73 Å². The molecule has 0 unspecified atom stereocenters. The summed E-state index contributed by atoms with van der Waals surface area (Å²) in [7, 11) is 0. The molecule has 0 heterocycles. The Morgan fingerprint density at radius 1 is 1.42 bits per heavy atom. The van der Waals surface area contributed by atoms with Gasteiger partial charge in [0.15, 0.2) is 0 Å². The van der Waals surface area contributed by atoms with Gasteiger partial charge in [-0.3, -0.25) is 0 Å². The molecule has 1 aromatic carbocycles. The topological polar surface area (TPSA) is 46.2 Å². The van der Waals surface area contributed by atoms with Crippen LogP contribution in [-0.4, -0.2) is 11.7 Å². The van der Waals surface area contributed by atoms with Crippen molar-refractivity contribution in [2.24, 2.45) is 5.73 Å². The van der Waals surface area contributed by atoms with Gasteiger partial charge in [0.25, 0.3) is 0 Å². The summed E-state index contributed by atoms with van der Waals surface area (Å²) in [6.07, 6.45) is 0.488. The van der Waals surface area contributed by atoms with Crippen LogP contribution in [0.4, 0.5) is 4.39 Å². The summed E-state index contributed by atoms with van der Waals surface area (Å²) in [5.41, 5.74) is 6.59. The van der Waals surface area contributed by atoms with E-state index in [0.717, 1.165) is 5.56 Å². The zero-order chi connectivity index (χ0) is 8.97. The molecule has 0 aliphatic heterocycles. The highest BCUT2D eigenvalue weighted by Crippen LogP contribution is 2.09. The van der Waals surface area contributed by atoms with Gasteiger partial charge in [-0.15, -0.1) is 0 Å². The quantitative estimate of drug-likeness (QED) is 0.703. The van der Waals surface area contributed by atoms with Gasteiger partial charge in [-0.1, -0.05) is 12.1 Å². The third-order valence-electron chi connectivity index (χ3n) is 1.74. The van der Waals surface area contributed by atoms with Gasteiger partial charge in [-0.2, -0.15) is 0 Å². The van der Waals surface area contributed by atoms with Crippen molar-refractivity contribution in [3.8, 4) is 0 Å². The van der Waals surface area contributed by atoms with Crippen molar-refractivity contribution < 1.29 is 9.50 Å². The minimum atomic E-state index is -0.288. The van der Waals surface area contributed by atoms with Crippen LogP contribution in [0.5, 0.6) is 0 Å². The standard InChI is InChI=1S/C9H12FNO/c10-9-5-7(3-4-12)1-2-8(9)6-11/h1-2,5,12H,3-4,6,11H2. The molecule has 1 aromatic rings. The molecule has 0 saturated heterocycles. The van der Waals surface area contributed by atoms with Crippen molar-refractivity contribution in [2.75, 3.05) is 6.61 Å². The van der Waals surface area contributed by atoms with Gasteiger partial charge in [0.2, 0.25) is 0 Å². The van der Waals surface area contributed by atoms with E-state index in [0.29, 0.717) is 12.0 Å². The van der Waals surface area contributed by atoms with Gasteiger partial charge in [0.05, 0.1) is 0 Å². The van der Waals surface area contributed by atoms with E-state index in [-0.39, 0.29) is 19.0 Å². The molecule has 3 heteroatoms. The van der Waals surface area contributed by atoms with Gasteiger partial charge in [-0.25, -0.2) is 4.39 Å². The molecule has 12 heavy (non-hydrogen) atoms. The first-order valence-corrected chi connectivity index (χ1v) is 3.86. The van der Waals surface area contributed by atoms with Crippen molar-refractivity contribution in [2.45, 2.75) is 13.0 Å². The van der Waals surface area contributed by atoms with Gasteiger partial charge in [0, 0.05) is 18.7 Å². The highest BCUT2D eigenvalue weighted by molar-refractivity contribution is 5.24. The van der Waals surface area contributed by atoms with Crippen molar-refractivity contribution in [1.82, 2.24) is 0 Å². The van der Waals surface area contributed by atoms with E-state index in [1.807, 2.05) is 0 Å². The molecule has 0 fully saturated rings. The van der Waals surface area contributed by atoms with Crippen LogP contribution in [-0.2, 0) is 13.0 Å². The molecule has 0 amide bonds. The minimum absolute atomic E-state index is 0.0431. The van der Waals surface area contributed by atoms with E-state index in [9.17, 15) is 4.39 Å². The summed E-state index contributed by atoms with van der Waals surface area (Å²) in [6, 6.07) is 4.85. The largest absolute Gasteiger partial charge is 0.396 e. The second-order valence-corrected chi connectivity index (χ2v) is 2.60. The van der Waals surface area contributed by atoms with Gasteiger partial charge in [0.1, 0.15) is 5.82 Å². The van der Waals surface area contributed by atoms with Gasteiger partial charge >= 0.3 is 0 Å². The minimum Gasteiger partial charge on any atom is -0.396 e. The first kappa shape index (κ1) is 9.16. The van der Waals surface area contributed by atoms with Crippen molar-refractivity contribution >= 4 is 0 Å². The normalized spacial score (nSPS) is 10.2. The lowest BCUT2D eigenvalue weighted by Gasteiger charge is -2.02. The maximum Gasteiger partial charge on any atom is 0.127 e. The fraction of sp³-hybridized carbons (Fsp3) is 0.333. The Morgan fingerprint density at radius 2 is 2.17 bits per heavy atom. The van der Waals surface area contributed by atoms with Crippen LogP contribution in [0.25, 0.3) is 0 Å². The van der Waals surface area contributed by atoms with Crippen molar-refractivity contribution in [1.29, 1.82) is 0 Å². The van der Waals surface area contributed by atoms with Crippen LogP contribution in [0.1, 0.15) is 11.1 Å². The Balaban J connectivity index is 2.86. The number of halogens is 1. The number of aliphatic hydroxyl groups is 1. The molecule has 1 rings (SSSR count). The Bertz CT molecular complexity index is 263. The molecular weight excluding hydrogens is 157 g/mol. The molecule has 0 saturated carbocycles. The summed E-state index contributed by atoms with van der Waals surface area (Å²) < 4.78 is 13.0. The fourth-order valence-corrected chi connectivity index (χ4v) is 1.04.